The van der Waals surface area contributed by atoms with Crippen LogP contribution >= 0.6 is 0 Å². The molecule has 4 aromatic rings. The van der Waals surface area contributed by atoms with Crippen LogP contribution in [0.25, 0.3) is 22.5 Å². The van der Waals surface area contributed by atoms with E-state index in [2.05, 4.69) is 25.4 Å². The number of pyridine rings is 1. The van der Waals surface area contributed by atoms with Crippen molar-refractivity contribution in [2.75, 3.05) is 24.3 Å². The minimum Gasteiger partial charge on any atom is -0.381 e. The quantitative estimate of drug-likeness (QED) is 0.481. The molecule has 33 heavy (non-hydrogen) atoms. The van der Waals surface area contributed by atoms with Crippen molar-refractivity contribution in [3.8, 4) is 22.5 Å². The van der Waals surface area contributed by atoms with Crippen LogP contribution in [0.3, 0.4) is 0 Å². The van der Waals surface area contributed by atoms with E-state index in [9.17, 15) is 4.79 Å². The van der Waals surface area contributed by atoms with Crippen molar-refractivity contribution >= 4 is 17.7 Å². The topological polar surface area (TPSA) is 129 Å². The highest BCUT2D eigenvalue weighted by Gasteiger charge is 2.42. The normalized spacial score (nSPS) is 15.2. The Kier molecular flexibility index (Phi) is 5.54. The van der Waals surface area contributed by atoms with Gasteiger partial charge in [0.05, 0.1) is 11.1 Å². The Bertz CT molecular complexity index is 1230. The van der Waals surface area contributed by atoms with E-state index in [0.717, 1.165) is 16.7 Å². The van der Waals surface area contributed by atoms with Crippen LogP contribution in [0.1, 0.15) is 18.4 Å². The van der Waals surface area contributed by atoms with Gasteiger partial charge in [0.1, 0.15) is 5.69 Å². The van der Waals surface area contributed by atoms with Crippen LogP contribution in [0.2, 0.25) is 0 Å². The molecule has 1 aliphatic heterocycles. The van der Waals surface area contributed by atoms with Gasteiger partial charge in [-0.05, 0) is 36.1 Å². The Morgan fingerprint density at radius 3 is 2.39 bits per heavy atom. The van der Waals surface area contributed by atoms with Crippen molar-refractivity contribution in [1.29, 1.82) is 0 Å². The van der Waals surface area contributed by atoms with Crippen LogP contribution in [-0.2, 0) is 14.9 Å². The molecule has 166 valence electrons. The number of nitrogens with two attached hydrogens (primary N) is 1. The molecule has 0 spiro atoms. The minimum absolute atomic E-state index is 0.155. The number of hydrogen-bond acceptors (Lipinski definition) is 8. The van der Waals surface area contributed by atoms with E-state index in [0.29, 0.717) is 37.4 Å². The number of aromatic nitrogens is 4. The molecule has 1 amide bonds. The van der Waals surface area contributed by atoms with E-state index in [1.165, 1.54) is 0 Å². The summed E-state index contributed by atoms with van der Waals surface area (Å²) in [7, 11) is 0. The van der Waals surface area contributed by atoms with Crippen LogP contribution in [-0.4, -0.2) is 39.2 Å². The SMILES string of the molecule is Nc1ncc(-c2ccc(C3(C(=O)Nc4cc(-c5ccccn5)no4)CCOCC3)cc2)cn1. The number of amides is 1. The number of rotatable bonds is 5. The Labute approximate surface area is 190 Å². The van der Waals surface area contributed by atoms with Crippen LogP contribution in [0, 0.1) is 0 Å². The molecule has 3 N–H and O–H groups in total. The molecule has 1 aromatic carbocycles. The molecule has 0 bridgehead atoms. The van der Waals surface area contributed by atoms with E-state index in [4.69, 9.17) is 15.0 Å². The average Bonchev–Trinajstić information content (AvgIpc) is 3.34. The minimum atomic E-state index is -0.744. The lowest BCUT2D eigenvalue weighted by Gasteiger charge is -2.36. The van der Waals surface area contributed by atoms with Crippen molar-refractivity contribution < 1.29 is 14.1 Å². The van der Waals surface area contributed by atoms with Gasteiger partial charge >= 0.3 is 0 Å². The summed E-state index contributed by atoms with van der Waals surface area (Å²) in [5.41, 5.74) is 8.77. The first-order chi connectivity index (χ1) is 16.1. The van der Waals surface area contributed by atoms with Crippen molar-refractivity contribution in [1.82, 2.24) is 20.1 Å². The summed E-state index contributed by atoms with van der Waals surface area (Å²) in [5, 5.41) is 6.94. The van der Waals surface area contributed by atoms with Gasteiger partial charge in [0.15, 0.2) is 0 Å². The van der Waals surface area contributed by atoms with Crippen molar-refractivity contribution in [2.45, 2.75) is 18.3 Å². The van der Waals surface area contributed by atoms with Gasteiger partial charge in [0.2, 0.25) is 17.7 Å². The molecular formula is C24H22N6O3. The molecule has 0 atom stereocenters. The molecule has 1 aliphatic rings. The van der Waals surface area contributed by atoms with Crippen molar-refractivity contribution in [2.24, 2.45) is 0 Å². The fraction of sp³-hybridized carbons (Fsp3) is 0.208. The molecule has 5 rings (SSSR count). The Morgan fingerprint density at radius 1 is 0.939 bits per heavy atom. The standard InChI is InChI=1S/C24H22N6O3/c25-23-27-14-17(15-28-23)16-4-6-18(7-5-16)24(8-11-32-12-9-24)22(31)29-21-13-20(30-33-21)19-3-1-2-10-26-19/h1-7,10,13-15H,8-9,11-12H2,(H,29,31)(H2,25,27,28). The number of nitrogens with zero attached hydrogens (tertiary/aromatic N) is 4. The van der Waals surface area contributed by atoms with Gasteiger partial charge in [-0.3, -0.25) is 15.1 Å². The van der Waals surface area contributed by atoms with E-state index in [-0.39, 0.29) is 17.7 Å². The lowest BCUT2D eigenvalue weighted by molar-refractivity contribution is -0.125. The lowest BCUT2D eigenvalue weighted by Crippen LogP contribution is -2.44. The maximum atomic E-state index is 13.5. The van der Waals surface area contributed by atoms with Gasteiger partial charge in [0.25, 0.3) is 0 Å². The third-order valence-corrected chi connectivity index (χ3v) is 5.90. The van der Waals surface area contributed by atoms with Crippen molar-refractivity contribution in [3.63, 3.8) is 0 Å². The average molecular weight is 442 g/mol. The third kappa shape index (κ3) is 4.18. The maximum absolute atomic E-state index is 13.5. The van der Waals surface area contributed by atoms with Crippen LogP contribution in [0.15, 0.2) is 71.6 Å². The molecular weight excluding hydrogens is 420 g/mol. The first-order valence-corrected chi connectivity index (χ1v) is 10.6. The predicted octanol–water partition coefficient (Wildman–Crippen LogP) is 3.46. The van der Waals surface area contributed by atoms with E-state index in [1.54, 1.807) is 24.7 Å². The van der Waals surface area contributed by atoms with Gasteiger partial charge < -0.3 is 15.0 Å². The monoisotopic (exact) mass is 442 g/mol. The first kappa shape index (κ1) is 20.8. The Hall–Kier alpha value is -4.11. The van der Waals surface area contributed by atoms with E-state index >= 15 is 0 Å². The van der Waals surface area contributed by atoms with Crippen LogP contribution in [0.4, 0.5) is 11.8 Å². The molecule has 4 heterocycles. The fourth-order valence-corrected chi connectivity index (χ4v) is 4.04. The van der Waals surface area contributed by atoms with Crippen LogP contribution in [0.5, 0.6) is 0 Å². The second-order valence-electron chi connectivity index (χ2n) is 7.85. The highest BCUT2D eigenvalue weighted by atomic mass is 16.5. The van der Waals surface area contributed by atoms with Gasteiger partial charge in [0, 0.05) is 43.4 Å². The fourth-order valence-electron chi connectivity index (χ4n) is 4.04. The maximum Gasteiger partial charge on any atom is 0.237 e. The first-order valence-electron chi connectivity index (χ1n) is 10.6. The molecule has 9 heteroatoms. The largest absolute Gasteiger partial charge is 0.381 e. The molecule has 3 aromatic heterocycles. The summed E-state index contributed by atoms with van der Waals surface area (Å²) < 4.78 is 10.9. The van der Waals surface area contributed by atoms with Crippen molar-refractivity contribution in [3.05, 3.63) is 72.7 Å². The molecule has 1 fully saturated rings. The number of carbonyl (C=O) groups is 1. The predicted molar refractivity (Wildman–Crippen MR) is 122 cm³/mol. The Morgan fingerprint density at radius 2 is 1.70 bits per heavy atom. The van der Waals surface area contributed by atoms with Gasteiger partial charge in [-0.1, -0.05) is 35.5 Å². The number of hydrogen-bond donors (Lipinski definition) is 2. The summed E-state index contributed by atoms with van der Waals surface area (Å²) in [6.45, 7) is 0.993. The van der Waals surface area contributed by atoms with E-state index in [1.807, 2.05) is 42.5 Å². The van der Waals surface area contributed by atoms with Gasteiger partial charge in [-0.25, -0.2) is 9.97 Å². The summed E-state index contributed by atoms with van der Waals surface area (Å²) in [6, 6.07) is 15.1. The number of nitrogens with one attached hydrogen (secondary N) is 1. The molecule has 0 unspecified atom stereocenters. The zero-order valence-electron chi connectivity index (χ0n) is 17.8. The lowest BCUT2D eigenvalue weighted by atomic mass is 9.73. The summed E-state index contributed by atoms with van der Waals surface area (Å²) >= 11 is 0. The molecule has 0 aliphatic carbocycles. The molecule has 9 nitrogen and oxygen atoms in total. The zero-order chi connectivity index (χ0) is 22.7. The summed E-state index contributed by atoms with van der Waals surface area (Å²) in [6.07, 6.45) is 6.16. The van der Waals surface area contributed by atoms with Gasteiger partial charge in [-0.2, -0.15) is 0 Å². The zero-order valence-corrected chi connectivity index (χ0v) is 17.8. The highest BCUT2D eigenvalue weighted by molar-refractivity contribution is 5.98. The summed E-state index contributed by atoms with van der Waals surface area (Å²) in [4.78, 5) is 25.9. The second kappa shape index (κ2) is 8.79. The number of benzene rings is 1. The third-order valence-electron chi connectivity index (χ3n) is 5.90. The Balaban J connectivity index is 1.40. The second-order valence-corrected chi connectivity index (χ2v) is 7.85. The number of carbonyl (C=O) groups excluding carboxylic acids is 1. The molecule has 0 radical (unpaired) electrons. The summed E-state index contributed by atoms with van der Waals surface area (Å²) in [5.74, 6) is 0.354. The van der Waals surface area contributed by atoms with E-state index < -0.39 is 5.41 Å². The number of anilines is 2. The van der Waals surface area contributed by atoms with Crippen LogP contribution < -0.4 is 11.1 Å². The number of nitrogen functional groups attached to an aromatic ring is 1. The molecule has 0 saturated carbocycles. The van der Waals surface area contributed by atoms with Gasteiger partial charge in [-0.15, -0.1) is 0 Å². The number of ether oxygens (including phenoxy) is 1. The molecule has 1 saturated heterocycles. The highest BCUT2D eigenvalue weighted by Crippen LogP contribution is 2.37. The smallest absolute Gasteiger partial charge is 0.237 e.